The Morgan fingerprint density at radius 3 is 2.62 bits per heavy atom. The van der Waals surface area contributed by atoms with Crippen LogP contribution in [0.5, 0.6) is 11.5 Å². The minimum absolute atomic E-state index is 0.301. The molecular formula is C28H27ClN8O2. The first kappa shape index (κ1) is 25.0. The molecule has 1 aromatic carbocycles. The average molecular weight is 543 g/mol. The number of carbonyl (C=O) groups excluding carboxylic acids is 1. The number of fused-ring (bicyclic) bond motifs is 2. The maximum Gasteiger partial charge on any atom is 0.259 e. The molecule has 4 aromatic heterocycles. The second kappa shape index (κ2) is 10.1. The van der Waals surface area contributed by atoms with Crippen LogP contribution in [-0.4, -0.2) is 55.4 Å². The van der Waals surface area contributed by atoms with Crippen LogP contribution in [-0.2, 0) is 0 Å². The molecule has 1 saturated heterocycles. The predicted molar refractivity (Wildman–Crippen MR) is 151 cm³/mol. The zero-order chi connectivity index (χ0) is 27.1. The lowest BCUT2D eigenvalue weighted by atomic mass is 10.1. The molecule has 11 heteroatoms. The quantitative estimate of drug-likeness (QED) is 0.324. The van der Waals surface area contributed by atoms with Crippen LogP contribution >= 0.6 is 11.6 Å². The molecule has 6 rings (SSSR count). The van der Waals surface area contributed by atoms with Gasteiger partial charge >= 0.3 is 0 Å². The SMILES string of the molecule is Cc1cn2cc(NC(=O)c3cnc(N4C[C@H](C)N[C@@H](C)C4)c4nccnc34)cc(Oc3cccc(Cl)c3)c2n1. The maximum absolute atomic E-state index is 13.5. The van der Waals surface area contributed by atoms with Crippen LogP contribution in [0.4, 0.5) is 11.5 Å². The molecule has 39 heavy (non-hydrogen) atoms. The Hall–Kier alpha value is -4.28. The summed E-state index contributed by atoms with van der Waals surface area (Å²) in [6.07, 6.45) is 8.43. The highest BCUT2D eigenvalue weighted by atomic mass is 35.5. The van der Waals surface area contributed by atoms with Gasteiger partial charge in [-0.15, -0.1) is 0 Å². The molecule has 1 fully saturated rings. The van der Waals surface area contributed by atoms with E-state index in [4.69, 9.17) is 16.3 Å². The Labute approximate surface area is 230 Å². The molecule has 5 heterocycles. The Balaban J connectivity index is 1.34. The second-order valence-corrected chi connectivity index (χ2v) is 10.3. The Bertz CT molecular complexity index is 1690. The third-order valence-corrected chi connectivity index (χ3v) is 6.74. The molecular weight excluding hydrogens is 516 g/mol. The monoisotopic (exact) mass is 542 g/mol. The summed E-state index contributed by atoms with van der Waals surface area (Å²) in [5.41, 5.74) is 3.37. The zero-order valence-electron chi connectivity index (χ0n) is 21.7. The van der Waals surface area contributed by atoms with E-state index in [1.807, 2.05) is 23.6 Å². The molecule has 5 aromatic rings. The second-order valence-electron chi connectivity index (χ2n) is 9.84. The fourth-order valence-corrected chi connectivity index (χ4v) is 5.21. The molecule has 2 atom stereocenters. The van der Waals surface area contributed by atoms with Crippen molar-refractivity contribution in [2.24, 2.45) is 0 Å². The largest absolute Gasteiger partial charge is 0.453 e. The normalized spacial score (nSPS) is 17.5. The van der Waals surface area contributed by atoms with Crippen LogP contribution in [0.3, 0.4) is 0 Å². The van der Waals surface area contributed by atoms with E-state index in [1.54, 1.807) is 49.1 Å². The van der Waals surface area contributed by atoms with Crippen molar-refractivity contribution in [2.45, 2.75) is 32.9 Å². The summed E-state index contributed by atoms with van der Waals surface area (Å²) in [5, 5.41) is 7.06. The molecule has 10 nitrogen and oxygen atoms in total. The summed E-state index contributed by atoms with van der Waals surface area (Å²) in [5.74, 6) is 1.41. The molecule has 0 unspecified atom stereocenters. The van der Waals surface area contributed by atoms with Crippen molar-refractivity contribution < 1.29 is 9.53 Å². The third-order valence-electron chi connectivity index (χ3n) is 6.50. The number of nitrogens with one attached hydrogen (secondary N) is 2. The first-order chi connectivity index (χ1) is 18.8. The summed E-state index contributed by atoms with van der Waals surface area (Å²) >= 11 is 6.14. The Morgan fingerprint density at radius 1 is 1.08 bits per heavy atom. The number of anilines is 2. The van der Waals surface area contributed by atoms with Crippen molar-refractivity contribution in [1.82, 2.24) is 29.7 Å². The number of carbonyl (C=O) groups is 1. The molecule has 1 aliphatic heterocycles. The van der Waals surface area contributed by atoms with Gasteiger partial charge in [-0.25, -0.2) is 15.0 Å². The van der Waals surface area contributed by atoms with Crippen molar-refractivity contribution in [1.29, 1.82) is 0 Å². The summed E-state index contributed by atoms with van der Waals surface area (Å²) in [6, 6.07) is 9.45. The van der Waals surface area contributed by atoms with E-state index in [0.717, 1.165) is 24.6 Å². The van der Waals surface area contributed by atoms with Gasteiger partial charge in [0.05, 0.1) is 16.9 Å². The van der Waals surface area contributed by atoms with Gasteiger partial charge < -0.3 is 24.7 Å². The number of aromatic nitrogens is 5. The van der Waals surface area contributed by atoms with Gasteiger partial charge in [0.2, 0.25) is 0 Å². The number of halogens is 1. The number of pyridine rings is 2. The number of benzene rings is 1. The fraction of sp³-hybridized carbons (Fsp3) is 0.250. The highest BCUT2D eigenvalue weighted by Gasteiger charge is 2.26. The third kappa shape index (κ3) is 5.08. The Morgan fingerprint density at radius 2 is 1.85 bits per heavy atom. The van der Waals surface area contributed by atoms with Gasteiger partial charge in [-0.2, -0.15) is 0 Å². The molecule has 1 amide bonds. The molecule has 0 radical (unpaired) electrons. The number of nitrogens with zero attached hydrogens (tertiary/aromatic N) is 6. The highest BCUT2D eigenvalue weighted by molar-refractivity contribution is 6.30. The topological polar surface area (TPSA) is 110 Å². The Kier molecular flexibility index (Phi) is 6.49. The van der Waals surface area contributed by atoms with Crippen LogP contribution in [0.25, 0.3) is 16.7 Å². The van der Waals surface area contributed by atoms with Gasteiger partial charge in [0.1, 0.15) is 16.8 Å². The number of piperazine rings is 1. The number of rotatable bonds is 5. The van der Waals surface area contributed by atoms with E-state index in [-0.39, 0.29) is 5.91 Å². The van der Waals surface area contributed by atoms with Gasteiger partial charge in [0.15, 0.2) is 17.2 Å². The zero-order valence-corrected chi connectivity index (χ0v) is 22.5. The van der Waals surface area contributed by atoms with Crippen LogP contribution in [0, 0.1) is 6.92 Å². The van der Waals surface area contributed by atoms with Crippen LogP contribution in [0.15, 0.2) is 61.3 Å². The lowest BCUT2D eigenvalue weighted by Crippen LogP contribution is -2.54. The average Bonchev–Trinajstić information content (AvgIpc) is 3.28. The highest BCUT2D eigenvalue weighted by Crippen LogP contribution is 2.31. The molecule has 0 bridgehead atoms. The minimum atomic E-state index is -0.355. The molecule has 2 N–H and O–H groups in total. The maximum atomic E-state index is 13.5. The molecule has 198 valence electrons. The molecule has 0 aliphatic carbocycles. The lowest BCUT2D eigenvalue weighted by molar-refractivity contribution is 0.102. The summed E-state index contributed by atoms with van der Waals surface area (Å²) in [4.78, 5) is 34.1. The number of hydrogen-bond acceptors (Lipinski definition) is 8. The summed E-state index contributed by atoms with van der Waals surface area (Å²) < 4.78 is 7.94. The molecule has 0 saturated carbocycles. The van der Waals surface area contributed by atoms with Gasteiger partial charge in [-0.3, -0.25) is 9.78 Å². The molecule has 0 spiro atoms. The van der Waals surface area contributed by atoms with E-state index in [2.05, 4.69) is 49.3 Å². The first-order valence-corrected chi connectivity index (χ1v) is 13.1. The fourth-order valence-electron chi connectivity index (χ4n) is 5.03. The van der Waals surface area contributed by atoms with Gasteiger partial charge in [0, 0.05) is 67.2 Å². The van der Waals surface area contributed by atoms with Crippen molar-refractivity contribution in [3.05, 3.63) is 77.6 Å². The van der Waals surface area contributed by atoms with E-state index < -0.39 is 0 Å². The van der Waals surface area contributed by atoms with Crippen molar-refractivity contribution in [2.75, 3.05) is 23.3 Å². The van der Waals surface area contributed by atoms with Gasteiger partial charge in [0.25, 0.3) is 5.91 Å². The van der Waals surface area contributed by atoms with Crippen molar-refractivity contribution >= 4 is 45.7 Å². The van der Waals surface area contributed by atoms with E-state index >= 15 is 0 Å². The number of aryl methyl sites for hydroxylation is 1. The van der Waals surface area contributed by atoms with Gasteiger partial charge in [-0.05, 0) is 39.0 Å². The van der Waals surface area contributed by atoms with Crippen LogP contribution < -0.4 is 20.3 Å². The number of hydrogen-bond donors (Lipinski definition) is 2. The number of ether oxygens (including phenoxy) is 1. The van der Waals surface area contributed by atoms with Crippen molar-refractivity contribution in [3.8, 4) is 11.5 Å². The van der Waals surface area contributed by atoms with Crippen molar-refractivity contribution in [3.63, 3.8) is 0 Å². The van der Waals surface area contributed by atoms with Gasteiger partial charge in [-0.1, -0.05) is 17.7 Å². The lowest BCUT2D eigenvalue weighted by Gasteiger charge is -2.37. The van der Waals surface area contributed by atoms with Crippen LogP contribution in [0.2, 0.25) is 5.02 Å². The minimum Gasteiger partial charge on any atom is -0.453 e. The summed E-state index contributed by atoms with van der Waals surface area (Å²) in [7, 11) is 0. The summed E-state index contributed by atoms with van der Waals surface area (Å²) in [6.45, 7) is 7.75. The van der Waals surface area contributed by atoms with Crippen LogP contribution in [0.1, 0.15) is 29.9 Å². The van der Waals surface area contributed by atoms with E-state index in [0.29, 0.717) is 56.5 Å². The number of amides is 1. The number of imidazole rings is 1. The van der Waals surface area contributed by atoms with E-state index in [9.17, 15) is 4.79 Å². The smallest absolute Gasteiger partial charge is 0.259 e. The molecule has 1 aliphatic rings. The van der Waals surface area contributed by atoms with E-state index in [1.165, 1.54) is 0 Å². The first-order valence-electron chi connectivity index (χ1n) is 12.7. The predicted octanol–water partition coefficient (Wildman–Crippen LogP) is 4.87. The standard InChI is InChI=1S/C28H27ClN8O2/c1-16-12-36(13-17(2)33-16)27-25-24(30-7-8-31-25)22(11-32-27)28(38)35-20-10-23(26-34-18(3)14-37(26)15-20)39-21-6-4-5-19(29)9-21/h4-11,14-17,33H,12-13H2,1-3H3,(H,35,38)/t16-,17-/m0/s1.